The summed E-state index contributed by atoms with van der Waals surface area (Å²) in [6.07, 6.45) is 0. The molecule has 0 spiro atoms. The van der Waals surface area contributed by atoms with Gasteiger partial charge in [-0.15, -0.1) is 0 Å². The molecule has 2 aromatic rings. The summed E-state index contributed by atoms with van der Waals surface area (Å²) in [6, 6.07) is 16.2. The number of esters is 1. The maximum absolute atomic E-state index is 13.1. The van der Waals surface area contributed by atoms with Crippen molar-refractivity contribution in [3.8, 4) is 6.07 Å². The summed E-state index contributed by atoms with van der Waals surface area (Å²) in [6.45, 7) is 1.68. The number of rotatable bonds is 5. The molecule has 0 unspecified atom stereocenters. The summed E-state index contributed by atoms with van der Waals surface area (Å²) in [7, 11) is -3.91. The molecule has 0 amide bonds. The molecule has 3 atom stereocenters. The minimum atomic E-state index is -3.91. The second kappa shape index (κ2) is 6.75. The average molecular weight is 390 g/mol. The van der Waals surface area contributed by atoms with E-state index in [1.807, 2.05) is 6.07 Å². The predicted molar refractivity (Wildman–Crippen MR) is 96.3 cm³/mol. The Bertz CT molecular complexity index is 967. The van der Waals surface area contributed by atoms with Gasteiger partial charge in [0.2, 0.25) is 0 Å². The molecule has 2 aromatic carbocycles. The summed E-state index contributed by atoms with van der Waals surface area (Å²) >= 11 is 5.90. The molecule has 0 radical (unpaired) electrons. The van der Waals surface area contributed by atoms with Crippen molar-refractivity contribution in [1.82, 2.24) is 0 Å². The summed E-state index contributed by atoms with van der Waals surface area (Å²) in [5, 5.41) is 9.06. The van der Waals surface area contributed by atoms with E-state index in [4.69, 9.17) is 16.3 Å². The number of nitriles is 1. The van der Waals surface area contributed by atoms with Gasteiger partial charge in [-0.2, -0.15) is 5.26 Å². The molecule has 5 nitrogen and oxygen atoms in total. The number of ether oxygens (including phenoxy) is 1. The van der Waals surface area contributed by atoms with Crippen molar-refractivity contribution in [2.75, 3.05) is 6.61 Å². The van der Waals surface area contributed by atoms with Gasteiger partial charge in [0.05, 0.1) is 17.6 Å². The number of sulfone groups is 1. The van der Waals surface area contributed by atoms with Crippen LogP contribution in [0.2, 0.25) is 5.02 Å². The minimum absolute atomic E-state index is 0.0632. The van der Waals surface area contributed by atoms with Crippen LogP contribution in [-0.4, -0.2) is 26.2 Å². The lowest BCUT2D eigenvalue weighted by Crippen LogP contribution is -2.25. The van der Waals surface area contributed by atoms with E-state index in [1.165, 1.54) is 12.1 Å². The zero-order valence-electron chi connectivity index (χ0n) is 13.9. The molecule has 0 aromatic heterocycles. The van der Waals surface area contributed by atoms with Crippen molar-refractivity contribution in [1.29, 1.82) is 5.26 Å². The Morgan fingerprint density at radius 2 is 1.81 bits per heavy atom. The molecular formula is C19H16ClNO4S. The van der Waals surface area contributed by atoms with Gasteiger partial charge in [0.1, 0.15) is 5.25 Å². The van der Waals surface area contributed by atoms with E-state index in [-0.39, 0.29) is 11.5 Å². The number of carbonyl (C=O) groups is 1. The summed E-state index contributed by atoms with van der Waals surface area (Å²) in [5.74, 6) is -1.62. The Morgan fingerprint density at radius 1 is 1.19 bits per heavy atom. The summed E-state index contributed by atoms with van der Waals surface area (Å²) < 4.78 is 31.3. The van der Waals surface area contributed by atoms with Crippen molar-refractivity contribution >= 4 is 27.4 Å². The molecule has 0 N–H and O–H groups in total. The molecule has 3 rings (SSSR count). The average Bonchev–Trinajstić information content (AvgIpc) is 3.35. The first kappa shape index (κ1) is 18.4. The second-order valence-electron chi connectivity index (χ2n) is 6.01. The monoisotopic (exact) mass is 389 g/mol. The third-order valence-corrected chi connectivity index (χ3v) is 7.06. The van der Waals surface area contributed by atoms with Gasteiger partial charge in [-0.05, 0) is 36.8 Å². The van der Waals surface area contributed by atoms with Crippen LogP contribution in [0.5, 0.6) is 0 Å². The summed E-state index contributed by atoms with van der Waals surface area (Å²) in [5.41, 5.74) is -1.20. The number of hydrogen-bond donors (Lipinski definition) is 0. The van der Waals surface area contributed by atoms with Crippen LogP contribution in [0.3, 0.4) is 0 Å². The molecule has 1 saturated carbocycles. The fraction of sp³-hybridized carbons (Fsp3) is 0.263. The fourth-order valence-corrected chi connectivity index (χ4v) is 5.71. The summed E-state index contributed by atoms with van der Waals surface area (Å²) in [4.78, 5) is 12.6. The van der Waals surface area contributed by atoms with Gasteiger partial charge >= 0.3 is 5.97 Å². The maximum Gasteiger partial charge on any atom is 0.328 e. The quantitative estimate of drug-likeness (QED) is 0.732. The predicted octanol–water partition coefficient (Wildman–Crippen LogP) is 3.35. The smallest absolute Gasteiger partial charge is 0.328 e. The third kappa shape index (κ3) is 2.77. The Hall–Kier alpha value is -2.36. The van der Waals surface area contributed by atoms with Gasteiger partial charge in [0.15, 0.2) is 15.3 Å². The van der Waals surface area contributed by atoms with Gasteiger partial charge in [-0.25, -0.2) is 8.42 Å². The van der Waals surface area contributed by atoms with Crippen LogP contribution in [0.1, 0.15) is 18.4 Å². The van der Waals surface area contributed by atoms with E-state index in [0.29, 0.717) is 10.6 Å². The first-order valence-electron chi connectivity index (χ1n) is 8.02. The fourth-order valence-electron chi connectivity index (χ4n) is 3.32. The maximum atomic E-state index is 13.1. The first-order chi connectivity index (χ1) is 12.4. The Balaban J connectivity index is 2.13. The van der Waals surface area contributed by atoms with Crippen LogP contribution in [-0.2, 0) is 19.4 Å². The highest BCUT2D eigenvalue weighted by Gasteiger charge is 2.77. The van der Waals surface area contributed by atoms with Crippen molar-refractivity contribution in [2.24, 2.45) is 5.41 Å². The van der Waals surface area contributed by atoms with Gasteiger partial charge in [-0.3, -0.25) is 4.79 Å². The van der Waals surface area contributed by atoms with Crippen LogP contribution >= 0.6 is 11.6 Å². The number of halogens is 1. The van der Waals surface area contributed by atoms with Crippen LogP contribution < -0.4 is 0 Å². The normalized spacial score (nSPS) is 24.5. The topological polar surface area (TPSA) is 84.2 Å². The van der Waals surface area contributed by atoms with Gasteiger partial charge in [0, 0.05) is 10.9 Å². The lowest BCUT2D eigenvalue weighted by Gasteiger charge is -2.09. The molecule has 0 heterocycles. The van der Waals surface area contributed by atoms with Crippen LogP contribution in [0.4, 0.5) is 0 Å². The van der Waals surface area contributed by atoms with E-state index < -0.39 is 32.4 Å². The van der Waals surface area contributed by atoms with Crippen LogP contribution in [0, 0.1) is 16.7 Å². The van der Waals surface area contributed by atoms with E-state index in [1.54, 1.807) is 49.4 Å². The van der Waals surface area contributed by atoms with Crippen molar-refractivity contribution in [3.63, 3.8) is 0 Å². The Kier molecular flexibility index (Phi) is 4.78. The van der Waals surface area contributed by atoms with Crippen molar-refractivity contribution < 1.29 is 17.9 Å². The van der Waals surface area contributed by atoms with Crippen molar-refractivity contribution in [2.45, 2.75) is 23.0 Å². The first-order valence-corrected chi connectivity index (χ1v) is 9.95. The van der Waals surface area contributed by atoms with Crippen molar-refractivity contribution in [3.05, 3.63) is 65.2 Å². The number of hydrogen-bond acceptors (Lipinski definition) is 5. The number of nitrogens with zero attached hydrogens (tertiary/aromatic N) is 1. The molecule has 26 heavy (non-hydrogen) atoms. The van der Waals surface area contributed by atoms with E-state index >= 15 is 0 Å². The molecule has 0 saturated heterocycles. The SMILES string of the molecule is CCOC(=O)[C@]1(C#N)[C@H](c2ccc(Cl)cc2)[C@H]1S(=O)(=O)c1ccccc1. The van der Waals surface area contributed by atoms with Gasteiger partial charge in [-0.1, -0.05) is 41.9 Å². The van der Waals surface area contributed by atoms with E-state index in [2.05, 4.69) is 0 Å². The highest BCUT2D eigenvalue weighted by Crippen LogP contribution is 2.64. The van der Waals surface area contributed by atoms with E-state index in [0.717, 1.165) is 0 Å². The number of benzene rings is 2. The Morgan fingerprint density at radius 3 is 2.35 bits per heavy atom. The largest absolute Gasteiger partial charge is 0.465 e. The second-order valence-corrected chi connectivity index (χ2v) is 8.51. The molecule has 0 bridgehead atoms. The van der Waals surface area contributed by atoms with Gasteiger partial charge in [0.25, 0.3) is 0 Å². The molecule has 1 aliphatic rings. The van der Waals surface area contributed by atoms with Crippen LogP contribution in [0.15, 0.2) is 59.5 Å². The lowest BCUT2D eigenvalue weighted by atomic mass is 10.0. The standard InChI is InChI=1S/C19H16ClNO4S/c1-2-25-18(22)19(12-21)16(13-8-10-14(20)11-9-13)17(19)26(23,24)15-6-4-3-5-7-15/h3-11,16-17H,2H2,1H3/t16-,17-,19-/m1/s1. The lowest BCUT2D eigenvalue weighted by molar-refractivity contribution is -0.147. The third-order valence-electron chi connectivity index (χ3n) is 4.57. The van der Waals surface area contributed by atoms with Crippen LogP contribution in [0.25, 0.3) is 0 Å². The molecule has 1 aliphatic carbocycles. The highest BCUT2D eigenvalue weighted by atomic mass is 35.5. The Labute approximate surface area is 157 Å². The highest BCUT2D eigenvalue weighted by molar-refractivity contribution is 7.92. The molecule has 134 valence electrons. The molecular weight excluding hydrogens is 374 g/mol. The van der Waals surface area contributed by atoms with Gasteiger partial charge < -0.3 is 4.74 Å². The minimum Gasteiger partial charge on any atom is -0.465 e. The zero-order valence-corrected chi connectivity index (χ0v) is 15.5. The molecule has 1 fully saturated rings. The molecule has 7 heteroatoms. The number of carbonyl (C=O) groups excluding carboxylic acids is 1. The zero-order chi connectivity index (χ0) is 18.9. The van der Waals surface area contributed by atoms with E-state index in [9.17, 15) is 18.5 Å². The molecule has 0 aliphatic heterocycles.